The highest BCUT2D eigenvalue weighted by Gasteiger charge is 2.17. The number of benzene rings is 2. The third kappa shape index (κ3) is 4.03. The Balaban J connectivity index is 1.61. The molecule has 0 aliphatic carbocycles. The van der Waals surface area contributed by atoms with E-state index in [0.717, 1.165) is 5.75 Å². The van der Waals surface area contributed by atoms with E-state index in [4.69, 9.17) is 16.3 Å². The molecule has 0 saturated carbocycles. The van der Waals surface area contributed by atoms with E-state index in [0.29, 0.717) is 35.4 Å². The lowest BCUT2D eigenvalue weighted by Crippen LogP contribution is -2.30. The van der Waals surface area contributed by atoms with Crippen LogP contribution in [-0.2, 0) is 0 Å². The molecule has 3 aromatic rings. The number of aromatic nitrogens is 2. The predicted octanol–water partition coefficient (Wildman–Crippen LogP) is 3.12. The molecule has 134 valence electrons. The van der Waals surface area contributed by atoms with Crippen LogP contribution in [0.5, 0.6) is 5.75 Å². The van der Waals surface area contributed by atoms with Crippen LogP contribution >= 0.6 is 11.6 Å². The second kappa shape index (κ2) is 8.01. The van der Waals surface area contributed by atoms with Gasteiger partial charge in [-0.25, -0.2) is 5.10 Å². The number of amides is 1. The van der Waals surface area contributed by atoms with Crippen molar-refractivity contribution in [3.8, 4) is 5.75 Å². The summed E-state index contributed by atoms with van der Waals surface area (Å²) in [5, 5.41) is 7.97. The lowest BCUT2D eigenvalue weighted by Gasteiger charge is -2.17. The zero-order valence-electron chi connectivity index (χ0n) is 14.2. The molecular formula is C19H18ClN3O3. The van der Waals surface area contributed by atoms with Gasteiger partial charge in [0.1, 0.15) is 5.75 Å². The van der Waals surface area contributed by atoms with Crippen molar-refractivity contribution in [3.05, 3.63) is 69.6 Å². The van der Waals surface area contributed by atoms with Crippen molar-refractivity contribution < 1.29 is 9.53 Å². The average Bonchev–Trinajstić information content (AvgIpc) is 2.66. The molecule has 0 fully saturated rings. The number of nitrogens with zero attached hydrogens (tertiary/aromatic N) is 2. The fourth-order valence-corrected chi connectivity index (χ4v) is 2.71. The summed E-state index contributed by atoms with van der Waals surface area (Å²) < 4.78 is 5.62. The summed E-state index contributed by atoms with van der Waals surface area (Å²) in [4.78, 5) is 26.0. The lowest BCUT2D eigenvalue weighted by molar-refractivity contribution is 0.0783. The molecule has 7 heteroatoms. The maximum atomic E-state index is 12.7. The smallest absolute Gasteiger partial charge is 0.274 e. The summed E-state index contributed by atoms with van der Waals surface area (Å²) in [7, 11) is 1.70. The van der Waals surface area contributed by atoms with Gasteiger partial charge in [-0.15, -0.1) is 0 Å². The van der Waals surface area contributed by atoms with Gasteiger partial charge < -0.3 is 9.64 Å². The molecule has 0 atom stereocenters. The van der Waals surface area contributed by atoms with Gasteiger partial charge in [-0.05, 0) is 36.8 Å². The average molecular weight is 372 g/mol. The van der Waals surface area contributed by atoms with Crippen LogP contribution in [0, 0.1) is 0 Å². The standard InChI is InChI=1S/C19H18ClN3O3/c1-23(11-4-12-26-14-9-7-13(20)8-10-14)19(25)17-15-5-2-3-6-16(15)18(24)22-21-17/h2-3,5-10H,4,11-12H2,1H3,(H,22,24). The minimum Gasteiger partial charge on any atom is -0.494 e. The Hall–Kier alpha value is -2.86. The number of carbonyl (C=O) groups is 1. The molecule has 1 amide bonds. The van der Waals surface area contributed by atoms with Crippen molar-refractivity contribution in [3.63, 3.8) is 0 Å². The highest BCUT2D eigenvalue weighted by molar-refractivity contribution is 6.30. The zero-order valence-corrected chi connectivity index (χ0v) is 15.0. The van der Waals surface area contributed by atoms with Gasteiger partial charge in [0.15, 0.2) is 5.69 Å². The molecule has 2 aromatic carbocycles. The number of aromatic amines is 1. The maximum Gasteiger partial charge on any atom is 0.274 e. The van der Waals surface area contributed by atoms with Gasteiger partial charge in [-0.2, -0.15) is 5.10 Å². The number of H-pyrrole nitrogens is 1. The Morgan fingerprint density at radius 1 is 1.15 bits per heavy atom. The number of carbonyl (C=O) groups excluding carboxylic acids is 1. The SMILES string of the molecule is CN(CCCOc1ccc(Cl)cc1)C(=O)c1n[nH]c(=O)c2ccccc12. The van der Waals surface area contributed by atoms with Crippen LogP contribution in [0.4, 0.5) is 0 Å². The van der Waals surface area contributed by atoms with Gasteiger partial charge in [0, 0.05) is 24.0 Å². The third-order valence-electron chi connectivity index (χ3n) is 3.97. The Morgan fingerprint density at radius 3 is 2.58 bits per heavy atom. The first-order valence-corrected chi connectivity index (χ1v) is 8.55. The van der Waals surface area contributed by atoms with E-state index in [1.54, 1.807) is 60.5 Å². The van der Waals surface area contributed by atoms with E-state index in [9.17, 15) is 9.59 Å². The van der Waals surface area contributed by atoms with Crippen LogP contribution in [0.3, 0.4) is 0 Å². The highest BCUT2D eigenvalue weighted by atomic mass is 35.5. The number of hydrogen-bond donors (Lipinski definition) is 1. The van der Waals surface area contributed by atoms with Gasteiger partial charge in [-0.1, -0.05) is 29.8 Å². The summed E-state index contributed by atoms with van der Waals surface area (Å²) in [5.74, 6) is 0.487. The lowest BCUT2D eigenvalue weighted by atomic mass is 10.1. The van der Waals surface area contributed by atoms with Crippen molar-refractivity contribution in [1.29, 1.82) is 0 Å². The van der Waals surface area contributed by atoms with E-state index in [1.165, 1.54) is 0 Å². The Labute approximate surface area is 155 Å². The number of halogens is 1. The van der Waals surface area contributed by atoms with Crippen molar-refractivity contribution in [2.24, 2.45) is 0 Å². The zero-order chi connectivity index (χ0) is 18.5. The summed E-state index contributed by atoms with van der Waals surface area (Å²) in [6, 6.07) is 14.1. The first kappa shape index (κ1) is 17.9. The molecule has 0 aliphatic heterocycles. The van der Waals surface area contributed by atoms with E-state index >= 15 is 0 Å². The summed E-state index contributed by atoms with van der Waals surface area (Å²) in [6.07, 6.45) is 0.659. The fourth-order valence-electron chi connectivity index (χ4n) is 2.58. The van der Waals surface area contributed by atoms with Crippen molar-refractivity contribution in [2.45, 2.75) is 6.42 Å². The van der Waals surface area contributed by atoms with Crippen LogP contribution in [0.25, 0.3) is 10.8 Å². The molecule has 0 saturated heterocycles. The van der Waals surface area contributed by atoms with Crippen LogP contribution in [0.15, 0.2) is 53.3 Å². The molecule has 1 N–H and O–H groups in total. The quantitative estimate of drug-likeness (QED) is 0.675. The number of hydrogen-bond acceptors (Lipinski definition) is 4. The minimum absolute atomic E-state index is 0.237. The Bertz CT molecular complexity index is 970. The number of rotatable bonds is 6. The maximum absolute atomic E-state index is 12.7. The summed E-state index contributed by atoms with van der Waals surface area (Å²) >= 11 is 5.83. The largest absolute Gasteiger partial charge is 0.494 e. The van der Waals surface area contributed by atoms with Gasteiger partial charge in [0.2, 0.25) is 0 Å². The Kier molecular flexibility index (Phi) is 5.53. The van der Waals surface area contributed by atoms with Crippen molar-refractivity contribution in [1.82, 2.24) is 15.1 Å². The number of ether oxygens (including phenoxy) is 1. The van der Waals surface area contributed by atoms with E-state index in [1.807, 2.05) is 0 Å². The van der Waals surface area contributed by atoms with Crippen LogP contribution in [0.1, 0.15) is 16.9 Å². The predicted molar refractivity (Wildman–Crippen MR) is 101 cm³/mol. The van der Waals surface area contributed by atoms with Crippen molar-refractivity contribution >= 4 is 28.3 Å². The fraction of sp³-hybridized carbons (Fsp3) is 0.211. The molecule has 0 unspecified atom stereocenters. The molecule has 3 rings (SSSR count). The molecule has 1 heterocycles. The molecule has 0 spiro atoms. The summed E-state index contributed by atoms with van der Waals surface area (Å²) in [6.45, 7) is 0.973. The van der Waals surface area contributed by atoms with E-state index in [-0.39, 0.29) is 17.2 Å². The van der Waals surface area contributed by atoms with Crippen LogP contribution < -0.4 is 10.3 Å². The van der Waals surface area contributed by atoms with Crippen molar-refractivity contribution in [2.75, 3.05) is 20.2 Å². The molecular weight excluding hydrogens is 354 g/mol. The van der Waals surface area contributed by atoms with E-state index in [2.05, 4.69) is 10.2 Å². The minimum atomic E-state index is -0.309. The number of fused-ring (bicyclic) bond motifs is 1. The second-order valence-corrected chi connectivity index (χ2v) is 6.27. The molecule has 26 heavy (non-hydrogen) atoms. The molecule has 0 bridgehead atoms. The Morgan fingerprint density at radius 2 is 1.85 bits per heavy atom. The number of nitrogens with one attached hydrogen (secondary N) is 1. The molecule has 1 aromatic heterocycles. The molecule has 6 nitrogen and oxygen atoms in total. The first-order chi connectivity index (χ1) is 12.6. The first-order valence-electron chi connectivity index (χ1n) is 8.17. The third-order valence-corrected chi connectivity index (χ3v) is 4.22. The van der Waals surface area contributed by atoms with E-state index < -0.39 is 0 Å². The topological polar surface area (TPSA) is 75.3 Å². The monoisotopic (exact) mass is 371 g/mol. The van der Waals surface area contributed by atoms with Gasteiger partial charge in [0.25, 0.3) is 11.5 Å². The van der Waals surface area contributed by atoms with Crippen LogP contribution in [-0.4, -0.2) is 41.2 Å². The van der Waals surface area contributed by atoms with Gasteiger partial charge in [0.05, 0.1) is 12.0 Å². The van der Waals surface area contributed by atoms with Crippen LogP contribution in [0.2, 0.25) is 5.02 Å². The normalized spacial score (nSPS) is 10.7. The van der Waals surface area contributed by atoms with Gasteiger partial charge in [-0.3, -0.25) is 9.59 Å². The van der Waals surface area contributed by atoms with Gasteiger partial charge >= 0.3 is 0 Å². The highest BCUT2D eigenvalue weighted by Crippen LogP contribution is 2.16. The summed E-state index contributed by atoms with van der Waals surface area (Å²) in [5.41, 5.74) is -0.0718. The molecule has 0 aliphatic rings. The molecule has 0 radical (unpaired) electrons. The second-order valence-electron chi connectivity index (χ2n) is 5.83.